The summed E-state index contributed by atoms with van der Waals surface area (Å²) in [4.78, 5) is 10.1. The first-order chi connectivity index (χ1) is 4.36. The summed E-state index contributed by atoms with van der Waals surface area (Å²) in [7, 11) is 0. The second kappa shape index (κ2) is 2.97. The molecule has 2 nitrogen and oxygen atoms in total. The zero-order chi connectivity index (χ0) is 6.69. The van der Waals surface area contributed by atoms with Gasteiger partial charge in [-0.3, -0.25) is 0 Å². The minimum Gasteiger partial charge on any atom is -0.378 e. The number of carbonyl (C=O) groups is 1. The summed E-state index contributed by atoms with van der Waals surface area (Å²) in [6, 6.07) is 0. The maximum atomic E-state index is 10.1. The normalized spacial score (nSPS) is 33.4. The Bertz CT molecular complexity index is 95.1. The van der Waals surface area contributed by atoms with Crippen LogP contribution in [0.1, 0.15) is 19.8 Å². The van der Waals surface area contributed by atoms with Gasteiger partial charge >= 0.3 is 0 Å². The molecule has 0 bridgehead atoms. The molecule has 1 rings (SSSR count). The van der Waals surface area contributed by atoms with E-state index in [1.54, 1.807) is 0 Å². The Morgan fingerprint density at radius 3 is 2.78 bits per heavy atom. The van der Waals surface area contributed by atoms with Gasteiger partial charge in [-0.1, -0.05) is 0 Å². The molecule has 0 aromatic heterocycles. The van der Waals surface area contributed by atoms with E-state index in [0.717, 1.165) is 25.7 Å². The molecule has 1 aliphatic rings. The van der Waals surface area contributed by atoms with E-state index in [0.29, 0.717) is 12.0 Å². The van der Waals surface area contributed by atoms with Crippen LogP contribution in [0.25, 0.3) is 0 Å². The molecule has 0 amide bonds. The van der Waals surface area contributed by atoms with E-state index in [2.05, 4.69) is 0 Å². The van der Waals surface area contributed by atoms with Gasteiger partial charge < -0.3 is 9.53 Å². The third-order valence-corrected chi connectivity index (χ3v) is 1.73. The average Bonchev–Trinajstić information content (AvgIpc) is 1.77. The molecule has 0 spiro atoms. The van der Waals surface area contributed by atoms with Gasteiger partial charge in [0.1, 0.15) is 6.29 Å². The van der Waals surface area contributed by atoms with Crippen LogP contribution in [0, 0.1) is 5.92 Å². The van der Waals surface area contributed by atoms with Crippen molar-refractivity contribution < 1.29 is 9.53 Å². The highest BCUT2D eigenvalue weighted by Gasteiger charge is 2.28. The van der Waals surface area contributed by atoms with Crippen LogP contribution in [0.3, 0.4) is 0 Å². The first-order valence-electron chi connectivity index (χ1n) is 3.43. The molecule has 0 N–H and O–H groups in total. The molecule has 9 heavy (non-hydrogen) atoms. The maximum absolute atomic E-state index is 10.1. The Labute approximate surface area is 55.2 Å². The van der Waals surface area contributed by atoms with E-state index in [-0.39, 0.29) is 0 Å². The van der Waals surface area contributed by atoms with Crippen molar-refractivity contribution >= 4 is 6.29 Å². The molecule has 52 valence electrons. The molecule has 0 aliphatic heterocycles. The summed E-state index contributed by atoms with van der Waals surface area (Å²) in [5, 5.41) is 0. The highest BCUT2D eigenvalue weighted by atomic mass is 16.5. The molecular weight excluding hydrogens is 116 g/mol. The van der Waals surface area contributed by atoms with Crippen LogP contribution in [-0.4, -0.2) is 19.0 Å². The lowest BCUT2D eigenvalue weighted by molar-refractivity contribution is -0.119. The van der Waals surface area contributed by atoms with Gasteiger partial charge in [-0.05, 0) is 19.8 Å². The fraction of sp³-hybridized carbons (Fsp3) is 0.857. The van der Waals surface area contributed by atoms with Crippen LogP contribution >= 0.6 is 0 Å². The Hall–Kier alpha value is -0.370. The molecule has 0 unspecified atom stereocenters. The number of ether oxygens (including phenoxy) is 1. The summed E-state index contributed by atoms with van der Waals surface area (Å²) in [6.07, 6.45) is 3.29. The summed E-state index contributed by atoms with van der Waals surface area (Å²) < 4.78 is 5.25. The van der Waals surface area contributed by atoms with E-state index in [1.807, 2.05) is 6.92 Å². The van der Waals surface area contributed by atoms with E-state index in [1.165, 1.54) is 0 Å². The Morgan fingerprint density at radius 1 is 1.67 bits per heavy atom. The molecule has 0 aromatic carbocycles. The van der Waals surface area contributed by atoms with Crippen molar-refractivity contribution in [2.24, 2.45) is 5.92 Å². The Balaban J connectivity index is 2.04. The van der Waals surface area contributed by atoms with E-state index in [4.69, 9.17) is 4.74 Å². The van der Waals surface area contributed by atoms with Gasteiger partial charge in [0.25, 0.3) is 0 Å². The van der Waals surface area contributed by atoms with Gasteiger partial charge in [0, 0.05) is 12.5 Å². The summed E-state index contributed by atoms with van der Waals surface area (Å²) in [6.45, 7) is 2.75. The molecule has 0 atom stereocenters. The van der Waals surface area contributed by atoms with E-state index < -0.39 is 0 Å². The number of hydrogen-bond acceptors (Lipinski definition) is 2. The smallest absolute Gasteiger partial charge is 0.123 e. The van der Waals surface area contributed by atoms with Crippen molar-refractivity contribution in [2.45, 2.75) is 25.9 Å². The SMILES string of the molecule is CCOC1CC(C=O)C1. The Kier molecular flexibility index (Phi) is 2.22. The number of carbonyl (C=O) groups excluding carboxylic acids is 1. The van der Waals surface area contributed by atoms with Crippen LogP contribution in [0.2, 0.25) is 0 Å². The van der Waals surface area contributed by atoms with Crippen molar-refractivity contribution in [1.29, 1.82) is 0 Å². The summed E-state index contributed by atoms with van der Waals surface area (Å²) in [5.41, 5.74) is 0. The average molecular weight is 128 g/mol. The fourth-order valence-electron chi connectivity index (χ4n) is 1.09. The van der Waals surface area contributed by atoms with Crippen LogP contribution in [0.15, 0.2) is 0 Å². The number of hydrogen-bond donors (Lipinski definition) is 0. The molecule has 2 heteroatoms. The van der Waals surface area contributed by atoms with Crippen LogP contribution in [0.4, 0.5) is 0 Å². The second-order valence-corrected chi connectivity index (χ2v) is 2.44. The molecule has 1 fully saturated rings. The molecule has 0 saturated heterocycles. The molecule has 1 aliphatic carbocycles. The molecular formula is C7H12O2. The van der Waals surface area contributed by atoms with Gasteiger partial charge in [0.05, 0.1) is 6.10 Å². The second-order valence-electron chi connectivity index (χ2n) is 2.44. The van der Waals surface area contributed by atoms with Crippen molar-refractivity contribution in [1.82, 2.24) is 0 Å². The topological polar surface area (TPSA) is 26.3 Å². The van der Waals surface area contributed by atoms with Crippen LogP contribution < -0.4 is 0 Å². The minimum absolute atomic E-state index is 0.293. The minimum atomic E-state index is 0.293. The van der Waals surface area contributed by atoms with Crippen molar-refractivity contribution in [3.63, 3.8) is 0 Å². The van der Waals surface area contributed by atoms with E-state index in [9.17, 15) is 4.79 Å². The van der Waals surface area contributed by atoms with Crippen molar-refractivity contribution in [3.05, 3.63) is 0 Å². The predicted molar refractivity (Wildman–Crippen MR) is 34.2 cm³/mol. The molecule has 1 saturated carbocycles. The van der Waals surface area contributed by atoms with Gasteiger partial charge in [-0.15, -0.1) is 0 Å². The zero-order valence-electron chi connectivity index (χ0n) is 5.67. The highest BCUT2D eigenvalue weighted by molar-refractivity contribution is 5.55. The maximum Gasteiger partial charge on any atom is 0.123 e. The first kappa shape index (κ1) is 6.75. The number of aldehydes is 1. The number of rotatable bonds is 3. The third kappa shape index (κ3) is 1.52. The van der Waals surface area contributed by atoms with Crippen LogP contribution in [0.5, 0.6) is 0 Å². The van der Waals surface area contributed by atoms with E-state index >= 15 is 0 Å². The zero-order valence-corrected chi connectivity index (χ0v) is 5.67. The molecule has 0 radical (unpaired) electrons. The lowest BCUT2D eigenvalue weighted by Gasteiger charge is -2.30. The predicted octanol–water partition coefficient (Wildman–Crippen LogP) is 1.00. The van der Waals surface area contributed by atoms with Gasteiger partial charge in [-0.25, -0.2) is 0 Å². The lowest BCUT2D eigenvalue weighted by Crippen LogP contribution is -2.31. The molecule has 0 aromatic rings. The summed E-state index contributed by atoms with van der Waals surface area (Å²) >= 11 is 0. The highest BCUT2D eigenvalue weighted by Crippen LogP contribution is 2.27. The monoisotopic (exact) mass is 128 g/mol. The van der Waals surface area contributed by atoms with Crippen molar-refractivity contribution in [2.75, 3.05) is 6.61 Å². The Morgan fingerprint density at radius 2 is 2.33 bits per heavy atom. The standard InChI is InChI=1S/C7H12O2/c1-2-9-7-3-6(4-7)5-8/h5-7H,2-4H2,1H3. The van der Waals surface area contributed by atoms with Crippen LogP contribution in [-0.2, 0) is 9.53 Å². The third-order valence-electron chi connectivity index (χ3n) is 1.73. The first-order valence-corrected chi connectivity index (χ1v) is 3.43. The van der Waals surface area contributed by atoms with Gasteiger partial charge in [0.15, 0.2) is 0 Å². The van der Waals surface area contributed by atoms with Crippen molar-refractivity contribution in [3.8, 4) is 0 Å². The lowest BCUT2D eigenvalue weighted by atomic mass is 9.83. The van der Waals surface area contributed by atoms with Gasteiger partial charge in [-0.2, -0.15) is 0 Å². The summed E-state index contributed by atoms with van der Waals surface area (Å²) in [5.74, 6) is 0.293. The largest absolute Gasteiger partial charge is 0.378 e. The molecule has 0 heterocycles. The quantitative estimate of drug-likeness (QED) is 0.530. The van der Waals surface area contributed by atoms with Gasteiger partial charge in [0.2, 0.25) is 0 Å². The fourth-order valence-corrected chi connectivity index (χ4v) is 1.09.